The largest absolute Gasteiger partial charge is 0.460 e. The van der Waals surface area contributed by atoms with Gasteiger partial charge in [0.1, 0.15) is 11.3 Å². The van der Waals surface area contributed by atoms with Crippen molar-refractivity contribution in [2.45, 2.75) is 32.1 Å². The fraction of sp³-hybridized carbons (Fsp3) is 0.269. The van der Waals surface area contributed by atoms with Crippen molar-refractivity contribution in [3.63, 3.8) is 0 Å². The fourth-order valence-electron chi connectivity index (χ4n) is 4.18. The Morgan fingerprint density at radius 2 is 1.91 bits per heavy atom. The van der Waals surface area contributed by atoms with Crippen LogP contribution in [0.3, 0.4) is 0 Å². The van der Waals surface area contributed by atoms with E-state index in [4.69, 9.17) is 4.42 Å². The van der Waals surface area contributed by atoms with Gasteiger partial charge in [-0.05, 0) is 36.4 Å². The molecule has 1 fully saturated rings. The third kappa shape index (κ3) is 4.23. The number of aryl methyl sites for hydroxylation is 1. The number of nitrogens with zero attached hydrogens (tertiary/aromatic N) is 3. The van der Waals surface area contributed by atoms with E-state index < -0.39 is 5.92 Å². The van der Waals surface area contributed by atoms with Crippen molar-refractivity contribution >= 4 is 16.9 Å². The molecule has 1 saturated heterocycles. The molecule has 1 aliphatic rings. The Morgan fingerprint density at radius 3 is 2.58 bits per heavy atom. The Balaban J connectivity index is 1.47. The van der Waals surface area contributed by atoms with Gasteiger partial charge in [-0.25, -0.2) is 8.78 Å². The predicted molar refractivity (Wildman–Crippen MR) is 122 cm³/mol. The van der Waals surface area contributed by atoms with Crippen LogP contribution < -0.4 is 0 Å². The first-order valence-electron chi connectivity index (χ1n) is 11.0. The van der Waals surface area contributed by atoms with Crippen molar-refractivity contribution in [2.24, 2.45) is 0 Å². The Hall–Kier alpha value is -3.61. The average Bonchev–Trinajstić information content (AvgIpc) is 3.27. The minimum atomic E-state index is -2.69. The highest BCUT2D eigenvalue weighted by Gasteiger charge is 2.35. The summed E-state index contributed by atoms with van der Waals surface area (Å²) in [5.74, 6) is -2.05. The van der Waals surface area contributed by atoms with Gasteiger partial charge in [0.2, 0.25) is 0 Å². The molecule has 0 unspecified atom stereocenters. The molecule has 168 valence electrons. The van der Waals surface area contributed by atoms with Gasteiger partial charge < -0.3 is 9.32 Å². The van der Waals surface area contributed by atoms with Crippen LogP contribution in [-0.4, -0.2) is 39.8 Å². The molecule has 33 heavy (non-hydrogen) atoms. The number of pyridine rings is 2. The number of piperidine rings is 1. The van der Waals surface area contributed by atoms with Gasteiger partial charge in [0.25, 0.3) is 11.8 Å². The highest BCUT2D eigenvalue weighted by atomic mass is 19.3. The molecular weight excluding hydrogens is 424 g/mol. The summed E-state index contributed by atoms with van der Waals surface area (Å²) in [6.45, 7) is 2.15. The highest BCUT2D eigenvalue weighted by molar-refractivity contribution is 5.97. The maximum Gasteiger partial charge on any atom is 0.255 e. The SMILES string of the molecule is CCc1cc2cc(-c3ccc(C(=O)N4CCC(F)(F)CC4)cn3)cc(-c3cccnc3)c2o1. The normalized spacial score (nSPS) is 15.7. The summed E-state index contributed by atoms with van der Waals surface area (Å²) in [6, 6.07) is 13.4. The van der Waals surface area contributed by atoms with Gasteiger partial charge in [0, 0.05) is 73.0 Å². The predicted octanol–water partition coefficient (Wildman–Crippen LogP) is 5.99. The van der Waals surface area contributed by atoms with E-state index in [0.29, 0.717) is 11.3 Å². The highest BCUT2D eigenvalue weighted by Crippen LogP contribution is 2.35. The van der Waals surface area contributed by atoms with Crippen LogP contribution in [-0.2, 0) is 6.42 Å². The number of fused-ring (bicyclic) bond motifs is 1. The van der Waals surface area contributed by atoms with Gasteiger partial charge >= 0.3 is 0 Å². The number of likely N-dealkylation sites (tertiary alicyclic amines) is 1. The molecule has 0 bridgehead atoms. The molecule has 0 spiro atoms. The zero-order chi connectivity index (χ0) is 23.0. The lowest BCUT2D eigenvalue weighted by molar-refractivity contribution is -0.0494. The van der Waals surface area contributed by atoms with Crippen LogP contribution in [0.15, 0.2) is 65.5 Å². The molecule has 3 aromatic heterocycles. The smallest absolute Gasteiger partial charge is 0.255 e. The van der Waals surface area contributed by atoms with Crippen LogP contribution in [0.25, 0.3) is 33.4 Å². The number of carbonyl (C=O) groups is 1. The second kappa shape index (κ2) is 8.39. The summed E-state index contributed by atoms with van der Waals surface area (Å²) < 4.78 is 32.9. The van der Waals surface area contributed by atoms with Crippen LogP contribution in [0.2, 0.25) is 0 Å². The van der Waals surface area contributed by atoms with Gasteiger partial charge in [0.05, 0.1) is 11.3 Å². The van der Waals surface area contributed by atoms with Crippen LogP contribution in [0.1, 0.15) is 35.9 Å². The van der Waals surface area contributed by atoms with Gasteiger partial charge in [-0.3, -0.25) is 14.8 Å². The minimum Gasteiger partial charge on any atom is -0.460 e. The first-order valence-corrected chi connectivity index (χ1v) is 11.0. The molecule has 0 saturated carbocycles. The number of benzene rings is 1. The summed E-state index contributed by atoms with van der Waals surface area (Å²) in [5, 5.41) is 0.972. The summed E-state index contributed by atoms with van der Waals surface area (Å²) in [6.07, 6.45) is 5.23. The van der Waals surface area contributed by atoms with Crippen LogP contribution >= 0.6 is 0 Å². The number of carbonyl (C=O) groups excluding carboxylic acids is 1. The van der Waals surface area contributed by atoms with Crippen molar-refractivity contribution in [3.05, 3.63) is 72.4 Å². The number of alkyl halides is 2. The molecule has 1 aromatic carbocycles. The number of aromatic nitrogens is 2. The molecule has 0 radical (unpaired) electrons. The Morgan fingerprint density at radius 1 is 1.09 bits per heavy atom. The molecule has 4 aromatic rings. The zero-order valence-electron chi connectivity index (χ0n) is 18.2. The van der Waals surface area contributed by atoms with Crippen molar-refractivity contribution < 1.29 is 18.0 Å². The van der Waals surface area contributed by atoms with E-state index in [1.54, 1.807) is 24.5 Å². The van der Waals surface area contributed by atoms with Crippen molar-refractivity contribution in [1.82, 2.24) is 14.9 Å². The standard InChI is InChI=1S/C26H23F2N3O2/c1-2-21-13-20-12-19(14-22(24(20)33-21)17-4-3-9-29-15-17)23-6-5-18(16-30-23)25(32)31-10-7-26(27,28)8-11-31/h3-6,9,12-16H,2,7-8,10-11H2,1H3. The van der Waals surface area contributed by atoms with Gasteiger partial charge in [-0.2, -0.15) is 0 Å². The fourth-order valence-corrected chi connectivity index (χ4v) is 4.18. The lowest BCUT2D eigenvalue weighted by Gasteiger charge is -2.31. The summed E-state index contributed by atoms with van der Waals surface area (Å²) in [7, 11) is 0. The third-order valence-electron chi connectivity index (χ3n) is 6.08. The number of halogens is 2. The summed E-state index contributed by atoms with van der Waals surface area (Å²) in [5.41, 5.74) is 4.66. The monoisotopic (exact) mass is 447 g/mol. The lowest BCUT2D eigenvalue weighted by atomic mass is 9.99. The van der Waals surface area contributed by atoms with E-state index in [-0.39, 0.29) is 31.8 Å². The summed E-state index contributed by atoms with van der Waals surface area (Å²) >= 11 is 0. The maximum atomic E-state index is 13.4. The second-order valence-corrected chi connectivity index (χ2v) is 8.33. The van der Waals surface area contributed by atoms with Crippen LogP contribution in [0.4, 0.5) is 8.78 Å². The molecule has 5 rings (SSSR count). The zero-order valence-corrected chi connectivity index (χ0v) is 18.2. The maximum absolute atomic E-state index is 13.4. The molecule has 0 atom stereocenters. The Bertz CT molecular complexity index is 1290. The Kier molecular flexibility index (Phi) is 5.40. The van der Waals surface area contributed by atoms with Gasteiger partial charge in [-0.15, -0.1) is 0 Å². The number of hydrogen-bond donors (Lipinski definition) is 0. The van der Waals surface area contributed by atoms with Crippen molar-refractivity contribution in [2.75, 3.05) is 13.1 Å². The van der Waals surface area contributed by atoms with Crippen LogP contribution in [0.5, 0.6) is 0 Å². The molecular formula is C26H23F2N3O2. The van der Waals surface area contributed by atoms with E-state index >= 15 is 0 Å². The second-order valence-electron chi connectivity index (χ2n) is 8.33. The van der Waals surface area contributed by atoms with E-state index in [0.717, 1.165) is 39.8 Å². The van der Waals surface area contributed by atoms with Crippen molar-refractivity contribution in [1.29, 1.82) is 0 Å². The average molecular weight is 447 g/mol. The minimum absolute atomic E-state index is 0.0545. The van der Waals surface area contributed by atoms with E-state index in [1.165, 1.54) is 11.1 Å². The first-order chi connectivity index (χ1) is 15.9. The quantitative estimate of drug-likeness (QED) is 0.386. The summed E-state index contributed by atoms with van der Waals surface area (Å²) in [4.78, 5) is 23.0. The molecule has 0 aliphatic carbocycles. The molecule has 7 heteroatoms. The van der Waals surface area contributed by atoms with Crippen molar-refractivity contribution in [3.8, 4) is 22.4 Å². The van der Waals surface area contributed by atoms with Gasteiger partial charge in [0.15, 0.2) is 0 Å². The van der Waals surface area contributed by atoms with E-state index in [1.807, 2.05) is 37.3 Å². The number of rotatable bonds is 4. The van der Waals surface area contributed by atoms with E-state index in [2.05, 4.69) is 9.97 Å². The van der Waals surface area contributed by atoms with Gasteiger partial charge in [-0.1, -0.05) is 13.0 Å². The van der Waals surface area contributed by atoms with E-state index in [9.17, 15) is 13.6 Å². The topological polar surface area (TPSA) is 59.2 Å². The molecule has 0 N–H and O–H groups in total. The molecule has 1 amide bonds. The molecule has 1 aliphatic heterocycles. The lowest BCUT2D eigenvalue weighted by Crippen LogP contribution is -2.42. The Labute approximate surface area is 190 Å². The molecule has 5 nitrogen and oxygen atoms in total. The first kappa shape index (κ1) is 21.2. The number of furan rings is 1. The number of amides is 1. The van der Waals surface area contributed by atoms with Crippen LogP contribution in [0, 0.1) is 0 Å². The number of hydrogen-bond acceptors (Lipinski definition) is 4. The molecule has 4 heterocycles. The third-order valence-corrected chi connectivity index (χ3v) is 6.08.